The number of hydrogen-bond acceptors (Lipinski definition) is 4. The molecule has 0 aliphatic rings. The van der Waals surface area contributed by atoms with E-state index >= 15 is 0 Å². The smallest absolute Gasteiger partial charge is 0.264 e. The molecule has 7 nitrogen and oxygen atoms in total. The van der Waals surface area contributed by atoms with Gasteiger partial charge in [0.2, 0.25) is 11.8 Å². The third-order valence-electron chi connectivity index (χ3n) is 7.09. The molecule has 4 rings (SSSR count). The summed E-state index contributed by atoms with van der Waals surface area (Å²) in [5, 5.41) is 3.93. The summed E-state index contributed by atoms with van der Waals surface area (Å²) in [6, 6.07) is 25.9. The molecule has 0 aliphatic heterocycles. The van der Waals surface area contributed by atoms with Crippen LogP contribution in [0.2, 0.25) is 15.1 Å². The van der Waals surface area contributed by atoms with E-state index in [0.29, 0.717) is 15.6 Å². The number of halogens is 3. The Morgan fingerprint density at radius 1 is 0.804 bits per heavy atom. The topological polar surface area (TPSA) is 86.8 Å². The maximum atomic E-state index is 14.5. The van der Waals surface area contributed by atoms with Gasteiger partial charge in [-0.05, 0) is 81.3 Å². The summed E-state index contributed by atoms with van der Waals surface area (Å²) >= 11 is 18.8. The lowest BCUT2D eigenvalue weighted by molar-refractivity contribution is -0.140. The highest BCUT2D eigenvalue weighted by Crippen LogP contribution is 2.28. The molecule has 4 aromatic carbocycles. The number of nitrogens with one attached hydrogen (secondary N) is 1. The Labute approximate surface area is 286 Å². The molecule has 0 bridgehead atoms. The fourth-order valence-electron chi connectivity index (χ4n) is 4.84. The molecule has 0 aromatic heterocycles. The third-order valence-corrected chi connectivity index (χ3v) is 9.85. The predicted octanol–water partition coefficient (Wildman–Crippen LogP) is 7.71. The van der Waals surface area contributed by atoms with E-state index in [-0.39, 0.29) is 34.5 Å². The van der Waals surface area contributed by atoms with Gasteiger partial charge in [-0.15, -0.1) is 0 Å². The van der Waals surface area contributed by atoms with Crippen LogP contribution in [0.1, 0.15) is 37.5 Å². The highest BCUT2D eigenvalue weighted by Gasteiger charge is 2.35. The van der Waals surface area contributed by atoms with E-state index in [1.165, 1.54) is 23.1 Å². The second-order valence-electron chi connectivity index (χ2n) is 12.0. The molecule has 2 amide bonds. The Kier molecular flexibility index (Phi) is 11.4. The molecular weight excluding hydrogens is 665 g/mol. The fraction of sp³-hybridized carbons (Fsp3) is 0.257. The third kappa shape index (κ3) is 9.26. The van der Waals surface area contributed by atoms with E-state index < -0.39 is 34.1 Å². The van der Waals surface area contributed by atoms with Gasteiger partial charge in [-0.3, -0.25) is 13.9 Å². The summed E-state index contributed by atoms with van der Waals surface area (Å²) in [7, 11) is -4.25. The van der Waals surface area contributed by atoms with Gasteiger partial charge in [0, 0.05) is 23.5 Å². The Balaban J connectivity index is 1.83. The summed E-state index contributed by atoms with van der Waals surface area (Å²) in [5.41, 5.74) is 1.91. The summed E-state index contributed by atoms with van der Waals surface area (Å²) in [4.78, 5) is 29.9. The van der Waals surface area contributed by atoms with Crippen molar-refractivity contribution < 1.29 is 18.0 Å². The van der Waals surface area contributed by atoms with Crippen molar-refractivity contribution in [3.8, 4) is 0 Å². The first kappa shape index (κ1) is 35.3. The van der Waals surface area contributed by atoms with E-state index in [4.69, 9.17) is 34.8 Å². The first-order valence-corrected chi connectivity index (χ1v) is 17.2. The zero-order valence-electron chi connectivity index (χ0n) is 26.0. The highest BCUT2D eigenvalue weighted by molar-refractivity contribution is 7.92. The van der Waals surface area contributed by atoms with Crippen molar-refractivity contribution in [3.05, 3.63) is 129 Å². The van der Waals surface area contributed by atoms with Gasteiger partial charge in [0.25, 0.3) is 10.0 Å². The van der Waals surface area contributed by atoms with E-state index in [1.807, 2.05) is 58.0 Å². The van der Waals surface area contributed by atoms with Gasteiger partial charge in [-0.25, -0.2) is 8.42 Å². The molecule has 0 heterocycles. The molecule has 0 unspecified atom stereocenters. The summed E-state index contributed by atoms with van der Waals surface area (Å²) in [6.07, 6.45) is 0.178. The van der Waals surface area contributed by atoms with Gasteiger partial charge in [0.15, 0.2) is 0 Å². The number of carbonyl (C=O) groups excluding carboxylic acids is 2. The minimum atomic E-state index is -4.25. The zero-order valence-corrected chi connectivity index (χ0v) is 29.1. The zero-order chi connectivity index (χ0) is 33.6. The van der Waals surface area contributed by atoms with Gasteiger partial charge in [0.05, 0.1) is 20.6 Å². The molecule has 0 fully saturated rings. The van der Waals surface area contributed by atoms with Crippen LogP contribution < -0.4 is 9.62 Å². The van der Waals surface area contributed by atoms with E-state index in [2.05, 4.69) is 5.32 Å². The first-order chi connectivity index (χ1) is 21.6. The molecular formula is C35H36Cl3N3O4S. The lowest BCUT2D eigenvalue weighted by Crippen LogP contribution is -2.56. The summed E-state index contributed by atoms with van der Waals surface area (Å²) in [6.45, 7) is 6.76. The molecule has 1 N–H and O–H groups in total. The van der Waals surface area contributed by atoms with Crippen molar-refractivity contribution in [2.45, 2.75) is 57.1 Å². The minimum Gasteiger partial charge on any atom is -0.350 e. The molecule has 0 saturated carbocycles. The number of sulfonamides is 1. The second kappa shape index (κ2) is 14.9. The van der Waals surface area contributed by atoms with Crippen molar-refractivity contribution in [2.24, 2.45) is 0 Å². The van der Waals surface area contributed by atoms with Crippen molar-refractivity contribution >= 4 is 62.3 Å². The number of amides is 2. The Morgan fingerprint density at radius 3 is 2.09 bits per heavy atom. The molecule has 46 heavy (non-hydrogen) atoms. The SMILES string of the molecule is Cc1ccc(S(=O)(=O)N(CC(=O)N(Cc2ccc(Cl)c(Cl)c2)[C@@H](Cc2ccccc2)C(=O)NC(C)(C)C)c2cccc(Cl)c2)cc1. The van der Waals surface area contributed by atoms with Gasteiger partial charge in [-0.1, -0.05) is 95.0 Å². The first-order valence-electron chi connectivity index (χ1n) is 14.6. The van der Waals surface area contributed by atoms with Crippen LogP contribution in [0.5, 0.6) is 0 Å². The number of nitrogens with zero attached hydrogens (tertiary/aromatic N) is 2. The van der Waals surface area contributed by atoms with Crippen LogP contribution >= 0.6 is 34.8 Å². The average Bonchev–Trinajstić information content (AvgIpc) is 2.99. The Morgan fingerprint density at radius 2 is 1.48 bits per heavy atom. The number of benzene rings is 4. The largest absolute Gasteiger partial charge is 0.350 e. The van der Waals surface area contributed by atoms with Crippen LogP contribution in [-0.4, -0.2) is 43.3 Å². The standard InChI is InChI=1S/C35H36Cl3N3O4S/c1-24-13-16-29(17-14-24)46(44,45)41(28-12-8-11-27(36)21-28)23-33(42)40(22-26-15-18-30(37)31(38)19-26)32(34(43)39-35(2,3)4)20-25-9-6-5-7-10-25/h5-19,21,32H,20,22-23H2,1-4H3,(H,39,43)/t32-/m0/s1. The van der Waals surface area contributed by atoms with Crippen LogP contribution in [-0.2, 0) is 32.6 Å². The van der Waals surface area contributed by atoms with Gasteiger partial charge in [-0.2, -0.15) is 0 Å². The van der Waals surface area contributed by atoms with Crippen molar-refractivity contribution in [2.75, 3.05) is 10.8 Å². The number of hydrogen-bond donors (Lipinski definition) is 1. The van der Waals surface area contributed by atoms with Gasteiger partial charge >= 0.3 is 0 Å². The average molecular weight is 701 g/mol. The van der Waals surface area contributed by atoms with Crippen molar-refractivity contribution in [3.63, 3.8) is 0 Å². The highest BCUT2D eigenvalue weighted by atomic mass is 35.5. The number of rotatable bonds is 11. The number of carbonyl (C=O) groups is 2. The minimum absolute atomic E-state index is 0.00761. The summed E-state index contributed by atoms with van der Waals surface area (Å²) < 4.78 is 29.3. The molecule has 242 valence electrons. The van der Waals surface area contributed by atoms with Crippen LogP contribution in [0.15, 0.2) is 102 Å². The van der Waals surface area contributed by atoms with Gasteiger partial charge in [0.1, 0.15) is 12.6 Å². The van der Waals surface area contributed by atoms with E-state index in [1.54, 1.807) is 48.5 Å². The monoisotopic (exact) mass is 699 g/mol. The number of aryl methyl sites for hydroxylation is 1. The molecule has 0 radical (unpaired) electrons. The van der Waals surface area contributed by atoms with Crippen LogP contribution in [0, 0.1) is 6.92 Å². The van der Waals surface area contributed by atoms with E-state index in [9.17, 15) is 18.0 Å². The molecule has 0 saturated heterocycles. The molecule has 4 aromatic rings. The lowest BCUT2D eigenvalue weighted by Gasteiger charge is -2.35. The second-order valence-corrected chi connectivity index (χ2v) is 15.1. The molecule has 0 spiro atoms. The maximum absolute atomic E-state index is 14.5. The van der Waals surface area contributed by atoms with Gasteiger partial charge < -0.3 is 10.2 Å². The molecule has 0 aliphatic carbocycles. The molecule has 11 heteroatoms. The van der Waals surface area contributed by atoms with E-state index in [0.717, 1.165) is 15.4 Å². The number of anilines is 1. The normalized spacial score (nSPS) is 12.3. The summed E-state index contributed by atoms with van der Waals surface area (Å²) in [5.74, 6) is -0.993. The van der Waals surface area contributed by atoms with Crippen LogP contribution in [0.4, 0.5) is 5.69 Å². The quantitative estimate of drug-likeness (QED) is 0.174. The van der Waals surface area contributed by atoms with Crippen LogP contribution in [0.3, 0.4) is 0 Å². The fourth-order valence-corrected chi connectivity index (χ4v) is 6.75. The Bertz CT molecular complexity index is 1790. The van der Waals surface area contributed by atoms with Crippen molar-refractivity contribution in [1.29, 1.82) is 0 Å². The molecule has 1 atom stereocenters. The maximum Gasteiger partial charge on any atom is 0.264 e. The lowest BCUT2D eigenvalue weighted by atomic mass is 10.0. The van der Waals surface area contributed by atoms with Crippen LogP contribution in [0.25, 0.3) is 0 Å². The predicted molar refractivity (Wildman–Crippen MR) is 186 cm³/mol. The Hall–Kier alpha value is -3.56. The van der Waals surface area contributed by atoms with Crippen molar-refractivity contribution in [1.82, 2.24) is 10.2 Å².